The van der Waals surface area contributed by atoms with Gasteiger partial charge in [-0.2, -0.15) is 0 Å². The van der Waals surface area contributed by atoms with E-state index in [9.17, 15) is 13.2 Å². The van der Waals surface area contributed by atoms with Crippen molar-refractivity contribution >= 4 is 32.5 Å². The summed E-state index contributed by atoms with van der Waals surface area (Å²) < 4.78 is 26.0. The molecule has 2 aromatic carbocycles. The van der Waals surface area contributed by atoms with E-state index in [2.05, 4.69) is 10.3 Å². The maximum atomic E-state index is 12.4. The molecule has 0 radical (unpaired) electrons. The number of nitrogens with zero attached hydrogens (tertiary/aromatic N) is 2. The standard InChI is InChI=1S/C21H23N3O3S/c1-16-7-3-4-8-18(16)15-23-20(25)12-14-24(28(2,26)27)19-11-5-9-17-10-6-13-22-21(17)19/h3-11,13H,12,14-15H2,1-2H3,(H,23,25). The van der Waals surface area contributed by atoms with Gasteiger partial charge in [0.2, 0.25) is 15.9 Å². The third-order valence-electron chi connectivity index (χ3n) is 4.56. The summed E-state index contributed by atoms with van der Waals surface area (Å²) in [5.41, 5.74) is 3.21. The molecule has 0 atom stereocenters. The molecule has 6 nitrogen and oxygen atoms in total. The molecule has 0 bridgehead atoms. The maximum Gasteiger partial charge on any atom is 0.232 e. The first-order chi connectivity index (χ1) is 13.4. The van der Waals surface area contributed by atoms with E-state index in [0.717, 1.165) is 22.8 Å². The Labute approximate surface area is 165 Å². The van der Waals surface area contributed by atoms with Crippen LogP contribution >= 0.6 is 0 Å². The molecule has 0 aliphatic rings. The molecule has 0 spiro atoms. The number of pyridine rings is 1. The molecule has 0 saturated carbocycles. The Morgan fingerprint density at radius 3 is 2.57 bits per heavy atom. The molecular weight excluding hydrogens is 374 g/mol. The first-order valence-corrected chi connectivity index (χ1v) is 10.8. The first kappa shape index (κ1) is 19.8. The molecule has 0 fully saturated rings. The van der Waals surface area contributed by atoms with Crippen LogP contribution < -0.4 is 9.62 Å². The van der Waals surface area contributed by atoms with Crippen LogP contribution in [-0.4, -0.2) is 32.1 Å². The Bertz CT molecular complexity index is 1090. The zero-order valence-corrected chi connectivity index (χ0v) is 16.7. The fourth-order valence-corrected chi connectivity index (χ4v) is 3.98. The van der Waals surface area contributed by atoms with Crippen LogP contribution in [0.2, 0.25) is 0 Å². The highest BCUT2D eigenvalue weighted by Gasteiger charge is 2.21. The second kappa shape index (κ2) is 8.39. The third kappa shape index (κ3) is 4.67. The maximum absolute atomic E-state index is 12.4. The number of hydrogen-bond acceptors (Lipinski definition) is 4. The van der Waals surface area contributed by atoms with Gasteiger partial charge in [0.25, 0.3) is 0 Å². The lowest BCUT2D eigenvalue weighted by Gasteiger charge is -2.23. The van der Waals surface area contributed by atoms with Crippen molar-refractivity contribution in [3.8, 4) is 0 Å². The van der Waals surface area contributed by atoms with E-state index >= 15 is 0 Å². The second-order valence-corrected chi connectivity index (χ2v) is 8.55. The van der Waals surface area contributed by atoms with E-state index in [4.69, 9.17) is 0 Å². The number of fused-ring (bicyclic) bond motifs is 1. The van der Waals surface area contributed by atoms with Crippen LogP contribution in [0.15, 0.2) is 60.8 Å². The molecule has 1 heterocycles. The molecule has 0 unspecified atom stereocenters. The minimum absolute atomic E-state index is 0.0497. The monoisotopic (exact) mass is 397 g/mol. The number of amides is 1. The Hall–Kier alpha value is -2.93. The molecule has 28 heavy (non-hydrogen) atoms. The van der Waals surface area contributed by atoms with E-state index < -0.39 is 10.0 Å². The smallest absolute Gasteiger partial charge is 0.232 e. The lowest BCUT2D eigenvalue weighted by atomic mass is 10.1. The molecule has 146 valence electrons. The molecule has 7 heteroatoms. The number of rotatable bonds is 7. The van der Waals surface area contributed by atoms with E-state index in [1.807, 2.05) is 43.3 Å². The highest BCUT2D eigenvalue weighted by molar-refractivity contribution is 7.92. The second-order valence-electron chi connectivity index (χ2n) is 6.64. The van der Waals surface area contributed by atoms with Gasteiger partial charge in [-0.05, 0) is 30.2 Å². The summed E-state index contributed by atoms with van der Waals surface area (Å²) in [6.45, 7) is 2.45. The van der Waals surface area contributed by atoms with Crippen molar-refractivity contribution in [2.45, 2.75) is 19.9 Å². The van der Waals surface area contributed by atoms with Crippen molar-refractivity contribution in [1.29, 1.82) is 0 Å². The highest BCUT2D eigenvalue weighted by Crippen LogP contribution is 2.26. The summed E-state index contributed by atoms with van der Waals surface area (Å²) in [5.74, 6) is -0.204. The summed E-state index contributed by atoms with van der Waals surface area (Å²) >= 11 is 0. The summed E-state index contributed by atoms with van der Waals surface area (Å²) in [4.78, 5) is 16.6. The van der Waals surface area contributed by atoms with Crippen LogP contribution in [0.5, 0.6) is 0 Å². The molecule has 0 aliphatic heterocycles. The van der Waals surface area contributed by atoms with Crippen LogP contribution in [0.25, 0.3) is 10.9 Å². The van der Waals surface area contributed by atoms with Gasteiger partial charge in [-0.1, -0.05) is 42.5 Å². The van der Waals surface area contributed by atoms with Crippen molar-refractivity contribution in [1.82, 2.24) is 10.3 Å². The van der Waals surface area contributed by atoms with E-state index in [1.165, 1.54) is 4.31 Å². The van der Waals surface area contributed by atoms with Gasteiger partial charge in [0.15, 0.2) is 0 Å². The Kier molecular flexibility index (Phi) is 5.94. The van der Waals surface area contributed by atoms with Crippen LogP contribution in [0.3, 0.4) is 0 Å². The molecule has 0 aliphatic carbocycles. The van der Waals surface area contributed by atoms with Crippen LogP contribution in [0.1, 0.15) is 17.5 Å². The quantitative estimate of drug-likeness (QED) is 0.665. The SMILES string of the molecule is Cc1ccccc1CNC(=O)CCN(c1cccc2cccnc12)S(C)(=O)=O. The number of carbonyl (C=O) groups excluding carboxylic acids is 1. The number of anilines is 1. The Morgan fingerprint density at radius 1 is 1.07 bits per heavy atom. The molecular formula is C21H23N3O3S. The molecule has 3 rings (SSSR count). The van der Waals surface area contributed by atoms with Gasteiger partial charge in [0.05, 0.1) is 17.5 Å². The molecule has 1 aromatic heterocycles. The van der Waals surface area contributed by atoms with E-state index in [-0.39, 0.29) is 18.9 Å². The fraction of sp³-hybridized carbons (Fsp3) is 0.238. The predicted molar refractivity (Wildman–Crippen MR) is 112 cm³/mol. The van der Waals surface area contributed by atoms with Crippen molar-refractivity contribution in [2.75, 3.05) is 17.1 Å². The first-order valence-electron chi connectivity index (χ1n) is 8.99. The average Bonchev–Trinajstić information content (AvgIpc) is 2.66. The number of carbonyl (C=O) groups is 1. The molecule has 3 aromatic rings. The van der Waals surface area contributed by atoms with Gasteiger partial charge in [-0.3, -0.25) is 14.1 Å². The lowest BCUT2D eigenvalue weighted by molar-refractivity contribution is -0.121. The summed E-state index contributed by atoms with van der Waals surface area (Å²) in [6.07, 6.45) is 2.82. The number of benzene rings is 2. The van der Waals surface area contributed by atoms with E-state index in [0.29, 0.717) is 17.7 Å². The van der Waals surface area contributed by atoms with Gasteiger partial charge in [-0.25, -0.2) is 8.42 Å². The number of hydrogen-bond donors (Lipinski definition) is 1. The summed E-state index contributed by atoms with van der Waals surface area (Å²) in [7, 11) is -3.57. The number of nitrogens with one attached hydrogen (secondary N) is 1. The number of aromatic nitrogens is 1. The van der Waals surface area contributed by atoms with Gasteiger partial charge in [0, 0.05) is 31.1 Å². The Balaban J connectivity index is 1.73. The van der Waals surface area contributed by atoms with Crippen molar-refractivity contribution in [3.63, 3.8) is 0 Å². The van der Waals surface area contributed by atoms with Gasteiger partial charge < -0.3 is 5.32 Å². The molecule has 0 saturated heterocycles. The van der Waals surface area contributed by atoms with Crippen molar-refractivity contribution in [3.05, 3.63) is 71.9 Å². The lowest BCUT2D eigenvalue weighted by Crippen LogP contribution is -2.34. The summed E-state index contributed by atoms with van der Waals surface area (Å²) in [5, 5.41) is 3.70. The molecule has 1 amide bonds. The largest absolute Gasteiger partial charge is 0.352 e. The van der Waals surface area contributed by atoms with E-state index in [1.54, 1.807) is 24.4 Å². The van der Waals surface area contributed by atoms with Crippen LogP contribution in [-0.2, 0) is 21.4 Å². The number of aryl methyl sites for hydroxylation is 1. The normalized spacial score (nSPS) is 11.4. The number of para-hydroxylation sites is 1. The Morgan fingerprint density at radius 2 is 1.82 bits per heavy atom. The van der Waals surface area contributed by atoms with Crippen molar-refractivity contribution in [2.24, 2.45) is 0 Å². The average molecular weight is 398 g/mol. The topological polar surface area (TPSA) is 79.4 Å². The number of sulfonamides is 1. The van der Waals surface area contributed by atoms with Gasteiger partial charge in [0.1, 0.15) is 0 Å². The highest BCUT2D eigenvalue weighted by atomic mass is 32.2. The van der Waals surface area contributed by atoms with Crippen LogP contribution in [0.4, 0.5) is 5.69 Å². The zero-order chi connectivity index (χ0) is 20.1. The van der Waals surface area contributed by atoms with Gasteiger partial charge >= 0.3 is 0 Å². The predicted octanol–water partition coefficient (Wildman–Crippen LogP) is 3.02. The zero-order valence-electron chi connectivity index (χ0n) is 15.9. The minimum Gasteiger partial charge on any atom is -0.352 e. The van der Waals surface area contributed by atoms with Gasteiger partial charge in [-0.15, -0.1) is 0 Å². The van der Waals surface area contributed by atoms with Crippen LogP contribution in [0, 0.1) is 6.92 Å². The minimum atomic E-state index is -3.57. The molecule has 1 N–H and O–H groups in total. The summed E-state index contributed by atoms with van der Waals surface area (Å²) in [6, 6.07) is 16.9. The fourth-order valence-electron chi connectivity index (χ4n) is 3.05. The van der Waals surface area contributed by atoms with Crippen molar-refractivity contribution < 1.29 is 13.2 Å². The third-order valence-corrected chi connectivity index (χ3v) is 5.74.